The maximum Gasteiger partial charge on any atom is 0.164 e. The van der Waals surface area contributed by atoms with Crippen molar-refractivity contribution in [2.75, 3.05) is 0 Å². The summed E-state index contributed by atoms with van der Waals surface area (Å²) >= 11 is 9.74. The third-order valence-electron chi connectivity index (χ3n) is 3.45. The molecule has 0 N–H and O–H groups in total. The van der Waals surface area contributed by atoms with E-state index in [0.29, 0.717) is 0 Å². The number of halogens is 2. The van der Waals surface area contributed by atoms with E-state index < -0.39 is 0 Å². The Bertz CT molecular complexity index is 778. The average Bonchev–Trinajstić information content (AvgIpc) is 2.86. The standard InChI is InChI=1S/C16H15BrClN3/c1-3-11-4-6-13(7-5-11)21-15(10(2)18)20-14-8-12(17)9-19-16(14)21/h4-10H,3H2,1-2H3. The number of pyridine rings is 1. The minimum Gasteiger partial charge on any atom is -0.279 e. The first-order chi connectivity index (χ1) is 10.1. The van der Waals surface area contributed by atoms with Crippen molar-refractivity contribution in [3.05, 3.63) is 52.4 Å². The Morgan fingerprint density at radius 2 is 2.00 bits per heavy atom. The van der Waals surface area contributed by atoms with Crippen molar-refractivity contribution >= 4 is 38.7 Å². The molecule has 108 valence electrons. The average molecular weight is 365 g/mol. The van der Waals surface area contributed by atoms with Gasteiger partial charge in [-0.1, -0.05) is 19.1 Å². The van der Waals surface area contributed by atoms with E-state index in [9.17, 15) is 0 Å². The molecule has 3 nitrogen and oxygen atoms in total. The van der Waals surface area contributed by atoms with Gasteiger partial charge in [-0.3, -0.25) is 4.57 Å². The van der Waals surface area contributed by atoms with Crippen LogP contribution in [0.3, 0.4) is 0 Å². The zero-order valence-corrected chi connectivity index (χ0v) is 14.2. The maximum atomic E-state index is 6.31. The summed E-state index contributed by atoms with van der Waals surface area (Å²) in [5, 5.41) is -0.191. The van der Waals surface area contributed by atoms with Crippen LogP contribution in [-0.2, 0) is 6.42 Å². The number of aromatic nitrogens is 3. The Labute approximate surface area is 137 Å². The van der Waals surface area contributed by atoms with Crippen molar-refractivity contribution < 1.29 is 0 Å². The molecule has 0 bridgehead atoms. The fourth-order valence-corrected chi connectivity index (χ4v) is 2.83. The Balaban J connectivity index is 2.25. The van der Waals surface area contributed by atoms with E-state index in [1.807, 2.05) is 17.6 Å². The molecule has 1 atom stereocenters. The summed E-state index contributed by atoms with van der Waals surface area (Å²) in [6.07, 6.45) is 2.80. The van der Waals surface area contributed by atoms with Gasteiger partial charge < -0.3 is 0 Å². The van der Waals surface area contributed by atoms with E-state index in [0.717, 1.165) is 33.6 Å². The molecular formula is C16H15BrClN3. The van der Waals surface area contributed by atoms with E-state index >= 15 is 0 Å². The van der Waals surface area contributed by atoms with Crippen LogP contribution in [0.15, 0.2) is 41.0 Å². The number of hydrogen-bond acceptors (Lipinski definition) is 2. The molecule has 0 radical (unpaired) electrons. The van der Waals surface area contributed by atoms with Gasteiger partial charge in [-0.05, 0) is 53.0 Å². The van der Waals surface area contributed by atoms with Crippen LogP contribution in [0.1, 0.15) is 30.6 Å². The molecule has 3 rings (SSSR count). The Morgan fingerprint density at radius 3 is 2.62 bits per heavy atom. The number of aryl methyl sites for hydroxylation is 1. The van der Waals surface area contributed by atoms with Crippen LogP contribution in [0.2, 0.25) is 0 Å². The predicted octanol–water partition coefficient (Wildman–Crippen LogP) is 5.05. The summed E-state index contributed by atoms with van der Waals surface area (Å²) in [7, 11) is 0. The topological polar surface area (TPSA) is 30.7 Å². The lowest BCUT2D eigenvalue weighted by molar-refractivity contribution is 0.876. The highest BCUT2D eigenvalue weighted by Crippen LogP contribution is 2.28. The molecule has 1 aromatic carbocycles. The second-order valence-corrected chi connectivity index (χ2v) is 6.51. The molecule has 21 heavy (non-hydrogen) atoms. The predicted molar refractivity (Wildman–Crippen MR) is 90.2 cm³/mol. The summed E-state index contributed by atoms with van der Waals surface area (Å²) in [6, 6.07) is 10.4. The quantitative estimate of drug-likeness (QED) is 0.609. The molecule has 1 unspecified atom stereocenters. The molecule has 5 heteroatoms. The molecule has 2 aromatic heterocycles. The highest BCUT2D eigenvalue weighted by molar-refractivity contribution is 9.10. The molecule has 0 amide bonds. The fourth-order valence-electron chi connectivity index (χ4n) is 2.36. The van der Waals surface area contributed by atoms with Crippen LogP contribution < -0.4 is 0 Å². The summed E-state index contributed by atoms with van der Waals surface area (Å²) in [6.45, 7) is 4.07. The van der Waals surface area contributed by atoms with Crippen LogP contribution in [0.25, 0.3) is 16.9 Å². The zero-order chi connectivity index (χ0) is 15.0. The summed E-state index contributed by atoms with van der Waals surface area (Å²) in [5.41, 5.74) is 4.00. The smallest absolute Gasteiger partial charge is 0.164 e. The molecule has 0 aliphatic heterocycles. The first kappa shape index (κ1) is 14.5. The maximum absolute atomic E-state index is 6.31. The van der Waals surface area contributed by atoms with Gasteiger partial charge in [0.1, 0.15) is 11.3 Å². The van der Waals surface area contributed by atoms with E-state index in [2.05, 4.69) is 57.1 Å². The molecule has 0 saturated carbocycles. The molecule has 2 heterocycles. The minimum absolute atomic E-state index is 0.191. The lowest BCUT2D eigenvalue weighted by Gasteiger charge is -2.10. The summed E-state index contributed by atoms with van der Waals surface area (Å²) in [5.74, 6) is 0.807. The van der Waals surface area contributed by atoms with Gasteiger partial charge in [-0.25, -0.2) is 9.97 Å². The van der Waals surface area contributed by atoms with Crippen LogP contribution in [0.4, 0.5) is 0 Å². The van der Waals surface area contributed by atoms with Crippen LogP contribution in [0.5, 0.6) is 0 Å². The Kier molecular flexibility index (Phi) is 4.00. The second-order valence-electron chi connectivity index (χ2n) is 4.94. The van der Waals surface area contributed by atoms with Crippen molar-refractivity contribution in [3.8, 4) is 5.69 Å². The van der Waals surface area contributed by atoms with Crippen molar-refractivity contribution in [3.63, 3.8) is 0 Å². The third-order valence-corrected chi connectivity index (χ3v) is 4.08. The molecule has 0 spiro atoms. The SMILES string of the molecule is CCc1ccc(-n2c(C(C)Cl)nc3cc(Br)cnc32)cc1. The first-order valence-corrected chi connectivity index (χ1v) is 8.10. The van der Waals surface area contributed by atoms with E-state index in [1.165, 1.54) is 5.56 Å². The monoisotopic (exact) mass is 363 g/mol. The van der Waals surface area contributed by atoms with E-state index in [1.54, 1.807) is 6.20 Å². The summed E-state index contributed by atoms with van der Waals surface area (Å²) in [4.78, 5) is 9.13. The Hall–Kier alpha value is -1.39. The number of fused-ring (bicyclic) bond motifs is 1. The Morgan fingerprint density at radius 1 is 1.29 bits per heavy atom. The highest BCUT2D eigenvalue weighted by Gasteiger charge is 2.17. The van der Waals surface area contributed by atoms with Gasteiger partial charge in [0, 0.05) is 16.4 Å². The number of imidazole rings is 1. The van der Waals surface area contributed by atoms with Gasteiger partial charge in [0.2, 0.25) is 0 Å². The molecule has 0 saturated heterocycles. The fraction of sp³-hybridized carbons (Fsp3) is 0.250. The number of nitrogens with zero attached hydrogens (tertiary/aromatic N) is 3. The molecule has 0 fully saturated rings. The minimum atomic E-state index is -0.191. The van der Waals surface area contributed by atoms with E-state index in [-0.39, 0.29) is 5.38 Å². The van der Waals surface area contributed by atoms with Gasteiger partial charge in [0.25, 0.3) is 0 Å². The van der Waals surface area contributed by atoms with Gasteiger partial charge in [0.15, 0.2) is 5.65 Å². The lowest BCUT2D eigenvalue weighted by atomic mass is 10.1. The van der Waals surface area contributed by atoms with Crippen molar-refractivity contribution in [1.29, 1.82) is 0 Å². The van der Waals surface area contributed by atoms with Crippen LogP contribution >= 0.6 is 27.5 Å². The third kappa shape index (κ3) is 2.70. The number of rotatable bonds is 3. The number of hydrogen-bond donors (Lipinski definition) is 0. The van der Waals surface area contributed by atoms with Crippen molar-refractivity contribution in [1.82, 2.24) is 14.5 Å². The van der Waals surface area contributed by atoms with Gasteiger partial charge in [-0.2, -0.15) is 0 Å². The number of alkyl halides is 1. The van der Waals surface area contributed by atoms with Gasteiger partial charge in [0.05, 0.1) is 5.38 Å². The largest absolute Gasteiger partial charge is 0.279 e. The van der Waals surface area contributed by atoms with Gasteiger partial charge >= 0.3 is 0 Å². The normalized spacial score (nSPS) is 12.8. The molecular weight excluding hydrogens is 350 g/mol. The zero-order valence-electron chi connectivity index (χ0n) is 11.8. The first-order valence-electron chi connectivity index (χ1n) is 6.87. The molecule has 3 aromatic rings. The van der Waals surface area contributed by atoms with Crippen molar-refractivity contribution in [2.45, 2.75) is 25.6 Å². The highest BCUT2D eigenvalue weighted by atomic mass is 79.9. The molecule has 0 aliphatic rings. The van der Waals surface area contributed by atoms with Crippen LogP contribution in [-0.4, -0.2) is 14.5 Å². The number of benzene rings is 1. The van der Waals surface area contributed by atoms with E-state index in [4.69, 9.17) is 11.6 Å². The van der Waals surface area contributed by atoms with Crippen LogP contribution in [0, 0.1) is 0 Å². The molecule has 0 aliphatic carbocycles. The van der Waals surface area contributed by atoms with Crippen molar-refractivity contribution in [2.24, 2.45) is 0 Å². The van der Waals surface area contributed by atoms with Gasteiger partial charge in [-0.15, -0.1) is 11.6 Å². The lowest BCUT2D eigenvalue weighted by Crippen LogP contribution is -2.02. The second kappa shape index (κ2) is 5.78. The summed E-state index contributed by atoms with van der Waals surface area (Å²) < 4.78 is 2.94.